The van der Waals surface area contributed by atoms with E-state index in [-0.39, 0.29) is 40.7 Å². The van der Waals surface area contributed by atoms with E-state index in [0.29, 0.717) is 11.1 Å². The second-order valence-electron chi connectivity index (χ2n) is 6.99. The Hall–Kier alpha value is -3.57. The Kier molecular flexibility index (Phi) is 8.13. The highest BCUT2D eigenvalue weighted by molar-refractivity contribution is 7.86. The zero-order valence-electron chi connectivity index (χ0n) is 18.4. The van der Waals surface area contributed by atoms with Gasteiger partial charge in [0.2, 0.25) is 0 Å². The van der Waals surface area contributed by atoms with Gasteiger partial charge in [-0.3, -0.25) is 4.55 Å². The van der Waals surface area contributed by atoms with Crippen LogP contribution in [-0.4, -0.2) is 52.7 Å². The molecule has 3 aromatic rings. The molecule has 0 aliphatic carbocycles. The first-order valence-electron chi connectivity index (χ1n) is 9.89. The Morgan fingerprint density at radius 1 is 0.706 bits per heavy atom. The van der Waals surface area contributed by atoms with Gasteiger partial charge in [-0.15, -0.1) is 0 Å². The molecule has 0 unspecified atom stereocenters. The molecule has 0 saturated carbocycles. The monoisotopic (exact) mass is 486 g/mol. The summed E-state index contributed by atoms with van der Waals surface area (Å²) in [4.78, 5) is 23.6. The van der Waals surface area contributed by atoms with Gasteiger partial charge >= 0.3 is 11.9 Å². The summed E-state index contributed by atoms with van der Waals surface area (Å²) in [6, 6.07) is 16.8. The molecule has 34 heavy (non-hydrogen) atoms. The number of methoxy groups -OCH3 is 2. The minimum Gasteiger partial charge on any atom is -0.435 e. The molecule has 0 saturated heterocycles. The third kappa shape index (κ3) is 5.86. The van der Waals surface area contributed by atoms with E-state index in [2.05, 4.69) is 0 Å². The van der Waals surface area contributed by atoms with Crippen molar-refractivity contribution in [2.75, 3.05) is 27.8 Å². The molecule has 0 aliphatic heterocycles. The largest absolute Gasteiger partial charge is 0.435 e. The maximum atomic E-state index is 12.4. The highest BCUT2D eigenvalue weighted by Crippen LogP contribution is 2.36. The molecule has 0 aromatic heterocycles. The van der Waals surface area contributed by atoms with Crippen molar-refractivity contribution in [1.29, 1.82) is 0 Å². The smallest absolute Gasteiger partial charge is 0.340 e. The Labute approximate surface area is 196 Å². The lowest BCUT2D eigenvalue weighted by Gasteiger charge is -2.14. The number of esters is 2. The number of benzene rings is 3. The topological polar surface area (TPSA) is 125 Å². The van der Waals surface area contributed by atoms with Gasteiger partial charge in [0.1, 0.15) is 4.90 Å². The lowest BCUT2D eigenvalue weighted by Crippen LogP contribution is -2.08. The zero-order chi connectivity index (χ0) is 24.7. The first kappa shape index (κ1) is 25.1. The SMILES string of the molecule is COCOC(=O)c1ccc(-c2cccc(-c3ccc(C(=O)OCOC)cc3)c2S(=O)(=O)O)cc1. The van der Waals surface area contributed by atoms with Gasteiger partial charge in [0.25, 0.3) is 10.1 Å². The normalized spacial score (nSPS) is 11.1. The number of carbonyl (C=O) groups is 2. The van der Waals surface area contributed by atoms with Crippen LogP contribution in [0.5, 0.6) is 0 Å². The summed E-state index contributed by atoms with van der Waals surface area (Å²) in [7, 11) is -1.87. The minimum atomic E-state index is -4.65. The quantitative estimate of drug-likeness (QED) is 0.273. The fourth-order valence-corrected chi connectivity index (χ4v) is 4.16. The number of ether oxygens (including phenoxy) is 4. The summed E-state index contributed by atoms with van der Waals surface area (Å²) < 4.78 is 54.0. The molecule has 10 heteroatoms. The van der Waals surface area contributed by atoms with Gasteiger partial charge in [-0.2, -0.15) is 8.42 Å². The third-order valence-electron chi connectivity index (χ3n) is 4.75. The van der Waals surface area contributed by atoms with Crippen molar-refractivity contribution in [3.63, 3.8) is 0 Å². The van der Waals surface area contributed by atoms with Gasteiger partial charge in [0.05, 0.1) is 11.1 Å². The summed E-state index contributed by atoms with van der Waals surface area (Å²) in [6.45, 7) is -0.392. The highest BCUT2D eigenvalue weighted by atomic mass is 32.2. The van der Waals surface area contributed by atoms with Crippen LogP contribution < -0.4 is 0 Å². The molecular weight excluding hydrogens is 464 g/mol. The van der Waals surface area contributed by atoms with Crippen LogP contribution in [0.2, 0.25) is 0 Å². The third-order valence-corrected chi connectivity index (χ3v) is 5.71. The summed E-state index contributed by atoms with van der Waals surface area (Å²) in [5.74, 6) is -1.19. The van der Waals surface area contributed by atoms with Crippen molar-refractivity contribution in [2.24, 2.45) is 0 Å². The van der Waals surface area contributed by atoms with E-state index in [1.54, 1.807) is 42.5 Å². The van der Waals surface area contributed by atoms with Crippen molar-refractivity contribution >= 4 is 22.1 Å². The van der Waals surface area contributed by atoms with Crippen LogP contribution in [0.4, 0.5) is 0 Å². The average molecular weight is 486 g/mol. The van der Waals surface area contributed by atoms with Crippen molar-refractivity contribution in [2.45, 2.75) is 4.90 Å². The molecule has 1 N–H and O–H groups in total. The minimum absolute atomic E-state index is 0.196. The number of rotatable bonds is 9. The Morgan fingerprint density at radius 3 is 1.41 bits per heavy atom. The van der Waals surface area contributed by atoms with Crippen molar-refractivity contribution in [1.82, 2.24) is 0 Å². The van der Waals surface area contributed by atoms with Gasteiger partial charge in [0.15, 0.2) is 13.6 Å². The molecule has 0 aliphatic rings. The van der Waals surface area contributed by atoms with Crippen molar-refractivity contribution in [3.8, 4) is 22.3 Å². The fourth-order valence-electron chi connectivity index (χ4n) is 3.23. The van der Waals surface area contributed by atoms with Crippen LogP contribution in [-0.2, 0) is 29.1 Å². The van der Waals surface area contributed by atoms with Crippen molar-refractivity contribution in [3.05, 3.63) is 77.9 Å². The van der Waals surface area contributed by atoms with Crippen LogP contribution >= 0.6 is 0 Å². The molecule has 0 spiro atoms. The fraction of sp³-hybridized carbons (Fsp3) is 0.167. The predicted molar refractivity (Wildman–Crippen MR) is 122 cm³/mol. The van der Waals surface area contributed by atoms with E-state index < -0.39 is 22.1 Å². The van der Waals surface area contributed by atoms with Gasteiger partial charge in [-0.1, -0.05) is 42.5 Å². The van der Waals surface area contributed by atoms with Crippen LogP contribution in [0.1, 0.15) is 20.7 Å². The van der Waals surface area contributed by atoms with Gasteiger partial charge in [-0.25, -0.2) is 9.59 Å². The summed E-state index contributed by atoms with van der Waals surface area (Å²) >= 11 is 0. The molecule has 0 radical (unpaired) electrons. The van der Waals surface area contributed by atoms with E-state index >= 15 is 0 Å². The van der Waals surface area contributed by atoms with Gasteiger partial charge in [0, 0.05) is 25.3 Å². The molecule has 3 aromatic carbocycles. The van der Waals surface area contributed by atoms with Gasteiger partial charge in [-0.05, 0) is 35.4 Å². The first-order valence-corrected chi connectivity index (χ1v) is 11.3. The summed E-state index contributed by atoms with van der Waals surface area (Å²) in [6.07, 6.45) is 0. The average Bonchev–Trinajstić information content (AvgIpc) is 2.85. The van der Waals surface area contributed by atoms with E-state index in [1.807, 2.05) is 0 Å². The van der Waals surface area contributed by atoms with Crippen LogP contribution in [0.3, 0.4) is 0 Å². The van der Waals surface area contributed by atoms with E-state index in [0.717, 1.165) is 0 Å². The number of hydrogen-bond donors (Lipinski definition) is 1. The lowest BCUT2D eigenvalue weighted by molar-refractivity contribution is -0.0132. The molecule has 0 bridgehead atoms. The maximum absolute atomic E-state index is 12.4. The summed E-state index contributed by atoms with van der Waals surface area (Å²) in [5, 5.41) is 0. The second kappa shape index (κ2) is 11.0. The van der Waals surface area contributed by atoms with Crippen molar-refractivity contribution < 1.29 is 41.5 Å². The predicted octanol–water partition coefficient (Wildman–Crippen LogP) is 3.79. The second-order valence-corrected chi connectivity index (χ2v) is 8.35. The van der Waals surface area contributed by atoms with E-state index in [9.17, 15) is 22.6 Å². The lowest BCUT2D eigenvalue weighted by atomic mass is 9.97. The molecule has 0 fully saturated rings. The van der Waals surface area contributed by atoms with E-state index in [1.165, 1.54) is 38.5 Å². The Bertz CT molecular complexity index is 1180. The molecule has 178 valence electrons. The molecule has 3 rings (SSSR count). The first-order chi connectivity index (χ1) is 16.3. The standard InChI is InChI=1S/C24H22O9S/c1-30-14-32-23(25)18-10-6-16(7-11-18)20-4-3-5-21(22(20)34(27,28)29)17-8-12-19(13-9-17)24(26)33-15-31-2/h3-13H,14-15H2,1-2H3,(H,27,28,29). The summed E-state index contributed by atoms with van der Waals surface area (Å²) in [5.41, 5.74) is 1.89. The van der Waals surface area contributed by atoms with Crippen LogP contribution in [0.25, 0.3) is 22.3 Å². The molecule has 0 amide bonds. The van der Waals surface area contributed by atoms with Crippen LogP contribution in [0.15, 0.2) is 71.6 Å². The molecule has 0 atom stereocenters. The van der Waals surface area contributed by atoms with Gasteiger partial charge < -0.3 is 18.9 Å². The Morgan fingerprint density at radius 2 is 1.09 bits per heavy atom. The number of carbonyl (C=O) groups excluding carboxylic acids is 2. The maximum Gasteiger partial charge on any atom is 0.340 e. The van der Waals surface area contributed by atoms with Crippen LogP contribution in [0, 0.1) is 0 Å². The molecule has 0 heterocycles. The van der Waals surface area contributed by atoms with E-state index in [4.69, 9.17) is 18.9 Å². The molecule has 9 nitrogen and oxygen atoms in total. The zero-order valence-corrected chi connectivity index (χ0v) is 19.2. The number of hydrogen-bond acceptors (Lipinski definition) is 8. The molecular formula is C24H22O9S. The Balaban J connectivity index is 2.01. The highest BCUT2D eigenvalue weighted by Gasteiger charge is 2.23.